The third-order valence-corrected chi connectivity index (χ3v) is 4.96. The first-order chi connectivity index (χ1) is 12.9. The van der Waals surface area contributed by atoms with Gasteiger partial charge in [0.1, 0.15) is 17.8 Å². The van der Waals surface area contributed by atoms with Crippen LogP contribution in [0.1, 0.15) is 37.9 Å². The van der Waals surface area contributed by atoms with Gasteiger partial charge in [0.15, 0.2) is 0 Å². The maximum atomic E-state index is 12.7. The van der Waals surface area contributed by atoms with E-state index < -0.39 is 23.6 Å². The van der Waals surface area contributed by atoms with Crippen LogP contribution in [0.25, 0.3) is 0 Å². The number of amides is 3. The van der Waals surface area contributed by atoms with Crippen molar-refractivity contribution >= 4 is 23.4 Å². The first-order valence-corrected chi connectivity index (χ1v) is 8.90. The molecule has 3 rings (SSSR count). The van der Waals surface area contributed by atoms with Crippen molar-refractivity contribution in [2.45, 2.75) is 44.7 Å². The van der Waals surface area contributed by atoms with Crippen molar-refractivity contribution in [2.75, 3.05) is 11.9 Å². The van der Waals surface area contributed by atoms with E-state index in [2.05, 4.69) is 16.0 Å². The van der Waals surface area contributed by atoms with Gasteiger partial charge in [0, 0.05) is 25.1 Å². The van der Waals surface area contributed by atoms with Gasteiger partial charge in [-0.2, -0.15) is 5.26 Å². The molecule has 1 aromatic heterocycles. The lowest BCUT2D eigenvalue weighted by Crippen LogP contribution is -2.42. The van der Waals surface area contributed by atoms with Crippen molar-refractivity contribution in [3.63, 3.8) is 0 Å². The Kier molecular flexibility index (Phi) is 5.26. The summed E-state index contributed by atoms with van der Waals surface area (Å²) in [5, 5.41) is 17.2. The van der Waals surface area contributed by atoms with E-state index in [1.807, 2.05) is 6.07 Å². The number of rotatable bonds is 5. The minimum Gasteiger partial charge on any atom is -0.356 e. The highest BCUT2D eigenvalue weighted by atomic mass is 16.2. The Labute approximate surface area is 155 Å². The third kappa shape index (κ3) is 3.84. The lowest BCUT2D eigenvalue weighted by Gasteiger charge is -2.19. The topological polar surface area (TPSA) is 133 Å². The van der Waals surface area contributed by atoms with Crippen molar-refractivity contribution in [3.8, 4) is 6.07 Å². The molecule has 2 aliphatic rings. The van der Waals surface area contributed by atoms with Crippen LogP contribution in [-0.4, -0.2) is 34.9 Å². The number of nitriles is 1. The van der Waals surface area contributed by atoms with Crippen molar-refractivity contribution in [1.29, 1.82) is 5.26 Å². The highest BCUT2D eigenvalue weighted by molar-refractivity contribution is 5.88. The fourth-order valence-corrected chi connectivity index (χ4v) is 3.65. The fourth-order valence-electron chi connectivity index (χ4n) is 3.65. The van der Waals surface area contributed by atoms with Crippen LogP contribution in [0.4, 0.5) is 5.69 Å². The van der Waals surface area contributed by atoms with Crippen LogP contribution < -0.4 is 21.5 Å². The predicted octanol–water partition coefficient (Wildman–Crippen LogP) is -0.171. The van der Waals surface area contributed by atoms with Crippen molar-refractivity contribution in [1.82, 2.24) is 15.2 Å². The Morgan fingerprint density at radius 3 is 2.78 bits per heavy atom. The molecule has 3 N–H and O–H groups in total. The zero-order valence-electron chi connectivity index (χ0n) is 14.9. The maximum Gasteiger partial charge on any atom is 0.275 e. The average molecular weight is 371 g/mol. The normalized spacial score (nSPS) is 21.7. The molecule has 3 heterocycles. The van der Waals surface area contributed by atoms with Crippen molar-refractivity contribution in [2.24, 2.45) is 5.92 Å². The van der Waals surface area contributed by atoms with Crippen molar-refractivity contribution in [3.05, 3.63) is 28.2 Å². The number of hydrogen-bond acceptors (Lipinski definition) is 5. The van der Waals surface area contributed by atoms with Crippen LogP contribution in [-0.2, 0) is 20.8 Å². The van der Waals surface area contributed by atoms with E-state index in [9.17, 15) is 24.4 Å². The molecule has 142 valence electrons. The number of aromatic nitrogens is 1. The second kappa shape index (κ2) is 7.61. The Balaban J connectivity index is 1.75. The number of carbonyl (C=O) groups is 3. The van der Waals surface area contributed by atoms with Gasteiger partial charge in [-0.15, -0.1) is 0 Å². The zero-order chi connectivity index (χ0) is 19.6. The van der Waals surface area contributed by atoms with E-state index in [0.717, 1.165) is 0 Å². The number of pyridine rings is 1. The lowest BCUT2D eigenvalue weighted by molar-refractivity contribution is -0.126. The number of nitrogens with zero attached hydrogens (tertiary/aromatic N) is 2. The number of anilines is 1. The van der Waals surface area contributed by atoms with E-state index in [-0.39, 0.29) is 29.8 Å². The van der Waals surface area contributed by atoms with E-state index in [1.54, 1.807) is 6.07 Å². The van der Waals surface area contributed by atoms with Gasteiger partial charge in [0.25, 0.3) is 5.56 Å². The van der Waals surface area contributed by atoms with Crippen LogP contribution in [0.15, 0.2) is 16.9 Å². The third-order valence-electron chi connectivity index (χ3n) is 4.96. The number of nitrogens with one attached hydrogen (secondary N) is 3. The first kappa shape index (κ1) is 18.6. The SMILES string of the molecule is CC(=O)Nc1ccc2n(c1=O)[C@H](C(=O)N[C@H](C#N)C[C@@H]1CCNC1=O)CC2. The highest BCUT2D eigenvalue weighted by Gasteiger charge is 2.33. The molecule has 3 atom stereocenters. The number of aryl methyl sites for hydroxylation is 1. The van der Waals surface area contributed by atoms with E-state index in [1.165, 1.54) is 17.6 Å². The molecule has 0 radical (unpaired) electrons. The molecular formula is C18H21N5O4. The summed E-state index contributed by atoms with van der Waals surface area (Å²) in [5.41, 5.74) is 0.382. The molecule has 0 saturated carbocycles. The van der Waals surface area contributed by atoms with Gasteiger partial charge in [-0.25, -0.2) is 0 Å². The Morgan fingerprint density at radius 2 is 2.15 bits per heavy atom. The first-order valence-electron chi connectivity index (χ1n) is 8.90. The van der Waals surface area contributed by atoms with Gasteiger partial charge in [0.2, 0.25) is 17.7 Å². The number of hydrogen-bond donors (Lipinski definition) is 3. The molecule has 1 saturated heterocycles. The standard InChI is InChI=1S/C18H21N5O4/c1-10(24)21-14-4-2-13-3-5-15(23(13)18(14)27)17(26)22-12(9-19)8-11-6-7-20-16(11)25/h2,4,11-12,15H,3,5-8H2,1H3,(H,20,25)(H,21,24)(H,22,26)/t11-,12-,15-/m0/s1. The van der Waals surface area contributed by atoms with Gasteiger partial charge in [-0.3, -0.25) is 23.7 Å². The molecule has 0 aliphatic carbocycles. The largest absolute Gasteiger partial charge is 0.356 e. The molecule has 9 heteroatoms. The quantitative estimate of drug-likeness (QED) is 0.661. The van der Waals surface area contributed by atoms with Gasteiger partial charge < -0.3 is 16.0 Å². The molecule has 0 bridgehead atoms. The maximum absolute atomic E-state index is 12.7. The minimum absolute atomic E-state index is 0.105. The van der Waals surface area contributed by atoms with E-state index >= 15 is 0 Å². The molecule has 0 unspecified atom stereocenters. The summed E-state index contributed by atoms with van der Waals surface area (Å²) in [6.45, 7) is 1.88. The summed E-state index contributed by atoms with van der Waals surface area (Å²) in [7, 11) is 0. The van der Waals surface area contributed by atoms with Crippen molar-refractivity contribution < 1.29 is 14.4 Å². The fraction of sp³-hybridized carbons (Fsp3) is 0.500. The highest BCUT2D eigenvalue weighted by Crippen LogP contribution is 2.25. The molecule has 27 heavy (non-hydrogen) atoms. The molecular weight excluding hydrogens is 350 g/mol. The van der Waals surface area contributed by atoms with Gasteiger partial charge in [0.05, 0.1) is 6.07 Å². The summed E-state index contributed by atoms with van der Waals surface area (Å²) in [5.74, 6) is -1.20. The second-order valence-corrected chi connectivity index (χ2v) is 6.85. The average Bonchev–Trinajstić information content (AvgIpc) is 3.23. The molecule has 3 amide bonds. The van der Waals surface area contributed by atoms with Gasteiger partial charge in [-0.1, -0.05) is 0 Å². The zero-order valence-corrected chi connectivity index (χ0v) is 14.9. The van der Waals surface area contributed by atoms with E-state index in [4.69, 9.17) is 0 Å². The summed E-state index contributed by atoms with van der Waals surface area (Å²) in [6, 6.07) is 3.73. The van der Waals surface area contributed by atoms with Crippen LogP contribution in [0, 0.1) is 17.2 Å². The number of fused-ring (bicyclic) bond motifs is 1. The van der Waals surface area contributed by atoms with Crippen LogP contribution in [0.5, 0.6) is 0 Å². The smallest absolute Gasteiger partial charge is 0.275 e. The summed E-state index contributed by atoms with van der Waals surface area (Å²) in [6.07, 6.45) is 1.87. The van der Waals surface area contributed by atoms with E-state index in [0.29, 0.717) is 31.5 Å². The summed E-state index contributed by atoms with van der Waals surface area (Å²) < 4.78 is 1.37. The Bertz CT molecular complexity index is 885. The minimum atomic E-state index is -0.801. The lowest BCUT2D eigenvalue weighted by atomic mass is 9.99. The monoisotopic (exact) mass is 371 g/mol. The predicted molar refractivity (Wildman–Crippen MR) is 95.6 cm³/mol. The van der Waals surface area contributed by atoms with Gasteiger partial charge in [-0.05, 0) is 37.8 Å². The second-order valence-electron chi connectivity index (χ2n) is 6.85. The molecule has 2 aliphatic heterocycles. The molecule has 0 aromatic carbocycles. The molecule has 1 fully saturated rings. The number of carbonyl (C=O) groups excluding carboxylic acids is 3. The summed E-state index contributed by atoms with van der Waals surface area (Å²) in [4.78, 5) is 48.3. The van der Waals surface area contributed by atoms with Crippen LogP contribution >= 0.6 is 0 Å². The molecule has 0 spiro atoms. The Hall–Kier alpha value is -3.15. The Morgan fingerprint density at radius 1 is 1.37 bits per heavy atom. The van der Waals surface area contributed by atoms with Crippen LogP contribution in [0.2, 0.25) is 0 Å². The summed E-state index contributed by atoms with van der Waals surface area (Å²) >= 11 is 0. The van der Waals surface area contributed by atoms with Crippen LogP contribution in [0.3, 0.4) is 0 Å². The van der Waals surface area contributed by atoms with Gasteiger partial charge >= 0.3 is 0 Å². The molecule has 1 aromatic rings. The molecule has 9 nitrogen and oxygen atoms in total.